The first-order chi connectivity index (χ1) is 18.4. The number of hydrogen-bond donors (Lipinski definition) is 0. The van der Waals surface area contributed by atoms with Crippen molar-refractivity contribution in [2.75, 3.05) is 0 Å². The maximum Gasteiger partial charge on any atom is 0.0948 e. The molecule has 0 radical (unpaired) electrons. The largest absolute Gasteiger partial charge is 0.334 e. The zero-order valence-corrected chi connectivity index (χ0v) is 27.8. The molecule has 3 heteroatoms. The molecule has 1 atom stereocenters. The number of imidazole rings is 1. The first-order valence-corrected chi connectivity index (χ1v) is 17.4. The molecule has 0 fully saturated rings. The van der Waals surface area contributed by atoms with E-state index in [1.54, 1.807) is 0 Å². The van der Waals surface area contributed by atoms with Gasteiger partial charge in [0.25, 0.3) is 0 Å². The Morgan fingerprint density at radius 2 is 0.737 bits per heavy atom. The van der Waals surface area contributed by atoms with Crippen molar-refractivity contribution in [3.63, 3.8) is 0 Å². The number of unbranched alkanes of at least 4 members (excludes halogenated alkanes) is 25. The fourth-order valence-electron chi connectivity index (χ4n) is 5.90. The summed E-state index contributed by atoms with van der Waals surface area (Å²) in [6, 6.07) is 0.674. The molecule has 0 spiro atoms. The molecule has 1 rings (SSSR count). The maximum atomic E-state index is 4.34. The molecule has 1 aromatic rings. The predicted molar refractivity (Wildman–Crippen MR) is 177 cm³/mol. The summed E-state index contributed by atoms with van der Waals surface area (Å²) in [5.74, 6) is 0. The summed E-state index contributed by atoms with van der Waals surface area (Å²) in [4.78, 5) is 4.34. The van der Waals surface area contributed by atoms with Gasteiger partial charge in [-0.2, -0.15) is 0 Å². The number of hydrogen-bond acceptors (Lipinski definition) is 1. The number of aromatic nitrogens is 2. The molecule has 2 nitrogen and oxygen atoms in total. The molecule has 0 aliphatic carbocycles. The van der Waals surface area contributed by atoms with Crippen LogP contribution in [-0.4, -0.2) is 9.55 Å². The molecule has 226 valence electrons. The quantitative estimate of drug-likeness (QED) is 0.0807. The third-order valence-electron chi connectivity index (χ3n) is 8.48. The normalized spacial score (nSPS) is 12.1. The second-order valence-electron chi connectivity index (χ2n) is 12.1. The van der Waals surface area contributed by atoms with Gasteiger partial charge in [0.1, 0.15) is 0 Å². The van der Waals surface area contributed by atoms with Crippen molar-refractivity contribution in [2.45, 2.75) is 206 Å². The lowest BCUT2D eigenvalue weighted by Crippen LogP contribution is -2.07. The Bertz CT molecular complexity index is 530. The molecule has 1 heterocycles. The highest BCUT2D eigenvalue weighted by Crippen LogP contribution is 2.24. The van der Waals surface area contributed by atoms with E-state index in [0.717, 1.165) is 0 Å². The molecule has 1 unspecified atom stereocenters. The van der Waals surface area contributed by atoms with Crippen LogP contribution in [0.3, 0.4) is 0 Å². The van der Waals surface area contributed by atoms with Crippen molar-refractivity contribution < 1.29 is 0 Å². The molecule has 0 saturated heterocycles. The van der Waals surface area contributed by atoms with Crippen LogP contribution in [0.2, 0.25) is 0 Å². The molecule has 1 aromatic heterocycles. The minimum Gasteiger partial charge on any atom is -0.334 e. The van der Waals surface area contributed by atoms with Gasteiger partial charge in [-0.1, -0.05) is 187 Å². The predicted octanol–water partition coefficient (Wildman–Crippen LogP) is 13.4. The maximum absolute atomic E-state index is 4.34. The van der Waals surface area contributed by atoms with Gasteiger partial charge < -0.3 is 4.57 Å². The van der Waals surface area contributed by atoms with Crippen LogP contribution >= 0.6 is 17.0 Å². The molecule has 0 bridgehead atoms. The summed E-state index contributed by atoms with van der Waals surface area (Å²) in [5.41, 5.74) is 0. The molecule has 0 aromatic carbocycles. The van der Waals surface area contributed by atoms with Gasteiger partial charge in [0, 0.05) is 18.4 Å². The Morgan fingerprint density at radius 1 is 0.447 bits per heavy atom. The summed E-state index contributed by atoms with van der Waals surface area (Å²) in [7, 11) is 0. The van der Waals surface area contributed by atoms with E-state index >= 15 is 0 Å². The van der Waals surface area contributed by atoms with Crippen LogP contribution in [0.5, 0.6) is 0 Å². The molecule has 0 N–H and O–H groups in total. The van der Waals surface area contributed by atoms with Crippen LogP contribution in [-0.2, 0) is 0 Å². The zero-order chi connectivity index (χ0) is 26.5. The number of halogens is 1. The van der Waals surface area contributed by atoms with E-state index in [9.17, 15) is 0 Å². The van der Waals surface area contributed by atoms with E-state index in [1.807, 2.05) is 6.20 Å². The van der Waals surface area contributed by atoms with Crippen LogP contribution < -0.4 is 0 Å². The average Bonchev–Trinajstić information content (AvgIpc) is 3.45. The first kappa shape index (κ1) is 37.7. The van der Waals surface area contributed by atoms with Crippen molar-refractivity contribution >= 4 is 17.0 Å². The minimum atomic E-state index is 0. The van der Waals surface area contributed by atoms with E-state index in [-0.39, 0.29) is 17.0 Å². The highest BCUT2D eigenvalue weighted by molar-refractivity contribution is 8.93. The topological polar surface area (TPSA) is 17.8 Å². The van der Waals surface area contributed by atoms with Gasteiger partial charge in [-0.15, -0.1) is 17.0 Å². The van der Waals surface area contributed by atoms with Gasteiger partial charge in [0.2, 0.25) is 0 Å². The van der Waals surface area contributed by atoms with Crippen molar-refractivity contribution in [1.29, 1.82) is 0 Å². The summed E-state index contributed by atoms with van der Waals surface area (Å²) in [5, 5.41) is 0. The monoisotopic (exact) mass is 596 g/mol. The molecular weight excluding hydrogens is 528 g/mol. The van der Waals surface area contributed by atoms with Gasteiger partial charge in [0.05, 0.1) is 6.33 Å². The Balaban J connectivity index is 0.0000137. The van der Waals surface area contributed by atoms with E-state index in [0.29, 0.717) is 6.04 Å². The van der Waals surface area contributed by atoms with E-state index in [1.165, 1.54) is 186 Å². The van der Waals surface area contributed by atoms with Gasteiger partial charge >= 0.3 is 0 Å². The standard InChI is InChI=1S/C35H68N2.BrH/c1-3-5-7-9-11-13-15-17-18-19-21-23-25-27-29-31-35(37-33-32-36-34-37)30-28-26-24-22-20-16-14-12-10-8-6-4-2;/h32-35H,3-31H2,1-2H3;1H. The molecule has 0 aliphatic rings. The van der Waals surface area contributed by atoms with Crippen molar-refractivity contribution in [1.82, 2.24) is 9.55 Å². The lowest BCUT2D eigenvalue weighted by molar-refractivity contribution is 0.393. The fourth-order valence-corrected chi connectivity index (χ4v) is 5.90. The molecule has 38 heavy (non-hydrogen) atoms. The summed E-state index contributed by atoms with van der Waals surface area (Å²) in [6.45, 7) is 4.61. The molecular formula is C35H69BrN2. The lowest BCUT2D eigenvalue weighted by atomic mass is 9.99. The number of nitrogens with zero attached hydrogens (tertiary/aromatic N) is 2. The average molecular weight is 598 g/mol. The van der Waals surface area contributed by atoms with Crippen LogP contribution in [0, 0.1) is 0 Å². The third-order valence-corrected chi connectivity index (χ3v) is 8.48. The van der Waals surface area contributed by atoms with E-state index in [4.69, 9.17) is 0 Å². The lowest BCUT2D eigenvalue weighted by Gasteiger charge is -2.18. The zero-order valence-electron chi connectivity index (χ0n) is 26.1. The van der Waals surface area contributed by atoms with Crippen LogP contribution in [0.25, 0.3) is 0 Å². The fraction of sp³-hybridized carbons (Fsp3) is 0.914. The Morgan fingerprint density at radius 3 is 1.00 bits per heavy atom. The van der Waals surface area contributed by atoms with Gasteiger partial charge in [0.15, 0.2) is 0 Å². The van der Waals surface area contributed by atoms with Crippen molar-refractivity contribution in [3.8, 4) is 0 Å². The third kappa shape index (κ3) is 24.7. The second-order valence-corrected chi connectivity index (χ2v) is 12.1. The van der Waals surface area contributed by atoms with Crippen LogP contribution in [0.15, 0.2) is 18.7 Å². The highest BCUT2D eigenvalue weighted by Gasteiger charge is 2.10. The van der Waals surface area contributed by atoms with Crippen LogP contribution in [0.4, 0.5) is 0 Å². The van der Waals surface area contributed by atoms with Gasteiger partial charge in [-0.05, 0) is 12.8 Å². The summed E-state index contributed by atoms with van der Waals surface area (Å²) in [6.07, 6.45) is 47.8. The van der Waals surface area contributed by atoms with Gasteiger partial charge in [-0.3, -0.25) is 0 Å². The minimum absolute atomic E-state index is 0. The van der Waals surface area contributed by atoms with Crippen molar-refractivity contribution in [2.24, 2.45) is 0 Å². The van der Waals surface area contributed by atoms with E-state index in [2.05, 4.69) is 35.9 Å². The smallest absolute Gasteiger partial charge is 0.0948 e. The van der Waals surface area contributed by atoms with Crippen molar-refractivity contribution in [3.05, 3.63) is 18.7 Å². The molecule has 0 saturated carbocycles. The molecule has 0 aliphatic heterocycles. The Kier molecular flexibility index (Phi) is 31.0. The first-order valence-electron chi connectivity index (χ1n) is 17.4. The second kappa shape index (κ2) is 31.2. The Labute approximate surface area is 250 Å². The highest BCUT2D eigenvalue weighted by atomic mass is 79.9. The van der Waals surface area contributed by atoms with E-state index < -0.39 is 0 Å². The number of rotatable bonds is 30. The summed E-state index contributed by atoms with van der Waals surface area (Å²) >= 11 is 0. The van der Waals surface area contributed by atoms with Gasteiger partial charge in [-0.25, -0.2) is 4.98 Å². The Hall–Kier alpha value is -0.310. The van der Waals surface area contributed by atoms with Crippen LogP contribution in [0.1, 0.15) is 206 Å². The SMILES string of the molecule is Br.CCCCCCCCCCCCCCCCCC(CCCCCCCCCCCCCC)n1ccnc1. The molecule has 0 amide bonds. The summed E-state index contributed by atoms with van der Waals surface area (Å²) < 4.78 is 2.39.